The third-order valence-corrected chi connectivity index (χ3v) is 6.04. The van der Waals surface area contributed by atoms with Crippen molar-refractivity contribution in [3.05, 3.63) is 59.1 Å². The van der Waals surface area contributed by atoms with Gasteiger partial charge in [-0.15, -0.1) is 0 Å². The Kier molecular flexibility index (Phi) is 11.6. The molecule has 1 amide bonds. The molecule has 0 aliphatic carbocycles. The maximum absolute atomic E-state index is 12.8. The van der Waals surface area contributed by atoms with Crippen molar-refractivity contribution in [1.29, 1.82) is 0 Å². The minimum absolute atomic E-state index is 0.0656. The summed E-state index contributed by atoms with van der Waals surface area (Å²) in [7, 11) is 0. The van der Waals surface area contributed by atoms with Crippen LogP contribution in [0.25, 0.3) is 0 Å². The maximum atomic E-state index is 12.8. The van der Waals surface area contributed by atoms with Gasteiger partial charge in [-0.2, -0.15) is 0 Å². The van der Waals surface area contributed by atoms with Crippen molar-refractivity contribution in [2.24, 2.45) is 5.92 Å². The molecule has 2 N–H and O–H groups in total. The van der Waals surface area contributed by atoms with Crippen LogP contribution < -0.4 is 10.6 Å². The number of carbonyl (C=O) groups is 1. The van der Waals surface area contributed by atoms with Crippen LogP contribution in [0.4, 0.5) is 11.4 Å². The molecule has 1 aromatic carbocycles. The van der Waals surface area contributed by atoms with Crippen LogP contribution in [-0.2, 0) is 9.53 Å². The highest BCUT2D eigenvalue weighted by Crippen LogP contribution is 2.24. The van der Waals surface area contributed by atoms with Gasteiger partial charge in [0.2, 0.25) is 5.91 Å². The van der Waals surface area contributed by atoms with Crippen LogP contribution in [0.2, 0.25) is 0 Å². The van der Waals surface area contributed by atoms with Gasteiger partial charge in [-0.25, -0.2) is 0 Å². The summed E-state index contributed by atoms with van der Waals surface area (Å²) in [6.45, 7) is 12.9. The summed E-state index contributed by atoms with van der Waals surface area (Å²) in [4.78, 5) is 15.3. The lowest BCUT2D eigenvalue weighted by Crippen LogP contribution is -2.38. The minimum Gasteiger partial charge on any atom is -0.381 e. The molecule has 5 nitrogen and oxygen atoms in total. The molecule has 0 atom stereocenters. The number of carbonyl (C=O) groups excluding carboxylic acids is 1. The molecule has 1 saturated heterocycles. The first-order chi connectivity index (χ1) is 15.0. The number of amides is 1. The first-order valence-corrected chi connectivity index (χ1v) is 11.9. The lowest BCUT2D eigenvalue weighted by molar-refractivity contribution is -0.121. The smallest absolute Gasteiger partial charge is 0.227 e. The van der Waals surface area contributed by atoms with Gasteiger partial charge in [-0.3, -0.25) is 4.79 Å². The minimum atomic E-state index is 0.0656. The van der Waals surface area contributed by atoms with E-state index in [-0.39, 0.29) is 11.8 Å². The number of likely N-dealkylation sites (tertiary alicyclic amines) is 1. The van der Waals surface area contributed by atoms with E-state index in [1.54, 1.807) is 6.08 Å². The lowest BCUT2D eigenvalue weighted by atomic mass is 9.95. The average Bonchev–Trinajstić information content (AvgIpc) is 2.80. The van der Waals surface area contributed by atoms with Crippen LogP contribution in [-0.4, -0.2) is 50.2 Å². The number of anilines is 2. The molecule has 0 saturated carbocycles. The predicted molar refractivity (Wildman–Crippen MR) is 135 cm³/mol. The molecule has 1 fully saturated rings. The van der Waals surface area contributed by atoms with Gasteiger partial charge in [0.05, 0.1) is 18.0 Å². The second kappa shape index (κ2) is 14.2. The summed E-state index contributed by atoms with van der Waals surface area (Å²) in [5.74, 6) is 0.185. The number of halogens is 1. The topological polar surface area (TPSA) is 53.6 Å². The van der Waals surface area contributed by atoms with Crippen molar-refractivity contribution in [3.63, 3.8) is 0 Å². The Bertz CT molecular complexity index is 768. The van der Waals surface area contributed by atoms with Crippen molar-refractivity contribution in [2.75, 3.05) is 50.0 Å². The SMILES string of the molecule is C=C/C(Br)=C\C=C(/C)CCN1CCC(C(=O)Nc2ccccc2NCCOCC)CC1. The summed E-state index contributed by atoms with van der Waals surface area (Å²) < 4.78 is 6.37. The first kappa shape index (κ1) is 25.4. The number of hydrogen-bond acceptors (Lipinski definition) is 4. The fourth-order valence-electron chi connectivity index (χ4n) is 3.51. The number of benzene rings is 1. The standard InChI is InChI=1S/C25H36BrN3O2/c1-4-22(26)11-10-20(3)12-16-29-17-13-21(14-18-29)25(30)28-24-9-7-6-8-23(24)27-15-19-31-5-2/h4,6-11,21,27H,1,5,12-19H2,2-3H3,(H,28,30)/b20-10+,22-11+. The molecule has 1 heterocycles. The molecule has 1 aliphatic rings. The number of ether oxygens (including phenoxy) is 1. The van der Waals surface area contributed by atoms with Crippen molar-refractivity contribution in [1.82, 2.24) is 4.90 Å². The monoisotopic (exact) mass is 489 g/mol. The maximum Gasteiger partial charge on any atom is 0.227 e. The highest BCUT2D eigenvalue weighted by Gasteiger charge is 2.25. The van der Waals surface area contributed by atoms with Gasteiger partial charge >= 0.3 is 0 Å². The summed E-state index contributed by atoms with van der Waals surface area (Å²) in [5, 5.41) is 6.48. The number of piperidine rings is 1. The van der Waals surface area contributed by atoms with Gasteiger partial charge in [0.25, 0.3) is 0 Å². The Balaban J connectivity index is 1.78. The molecule has 31 heavy (non-hydrogen) atoms. The highest BCUT2D eigenvalue weighted by molar-refractivity contribution is 9.11. The fourth-order valence-corrected chi connectivity index (χ4v) is 3.64. The van der Waals surface area contributed by atoms with Gasteiger partial charge in [0, 0.05) is 30.1 Å². The Labute approximate surface area is 195 Å². The Hall–Kier alpha value is -1.89. The second-order valence-corrected chi connectivity index (χ2v) is 8.71. The van der Waals surface area contributed by atoms with Gasteiger partial charge < -0.3 is 20.3 Å². The molecule has 6 heteroatoms. The number of hydrogen-bond donors (Lipinski definition) is 2. The number of rotatable bonds is 12. The fraction of sp³-hybridized carbons (Fsp3) is 0.480. The van der Waals surface area contributed by atoms with Gasteiger partial charge in [0.1, 0.15) is 0 Å². The van der Waals surface area contributed by atoms with E-state index in [1.165, 1.54) is 5.57 Å². The molecular weight excluding hydrogens is 454 g/mol. The molecule has 0 unspecified atom stereocenters. The third kappa shape index (κ3) is 9.42. The van der Waals surface area contributed by atoms with Crippen molar-refractivity contribution in [3.8, 4) is 0 Å². The molecule has 1 aliphatic heterocycles. The van der Waals surface area contributed by atoms with Crippen molar-refractivity contribution >= 4 is 33.2 Å². The van der Waals surface area contributed by atoms with E-state index in [1.807, 2.05) is 37.3 Å². The largest absolute Gasteiger partial charge is 0.381 e. The lowest BCUT2D eigenvalue weighted by Gasteiger charge is -2.31. The van der Waals surface area contributed by atoms with E-state index in [0.29, 0.717) is 19.8 Å². The normalized spacial score (nSPS) is 16.2. The van der Waals surface area contributed by atoms with E-state index in [9.17, 15) is 4.79 Å². The Morgan fingerprint density at radius 3 is 2.65 bits per heavy atom. The predicted octanol–water partition coefficient (Wildman–Crippen LogP) is 5.59. The van der Waals surface area contributed by atoms with Crippen LogP contribution >= 0.6 is 15.9 Å². The molecule has 0 bridgehead atoms. The van der Waals surface area contributed by atoms with E-state index >= 15 is 0 Å². The van der Waals surface area contributed by atoms with Crippen molar-refractivity contribution < 1.29 is 9.53 Å². The zero-order chi connectivity index (χ0) is 22.5. The van der Waals surface area contributed by atoms with Gasteiger partial charge in [-0.1, -0.05) is 52.4 Å². The molecule has 0 radical (unpaired) electrons. The summed E-state index contributed by atoms with van der Waals surface area (Å²) >= 11 is 3.44. The number of para-hydroxylation sites is 2. The molecule has 170 valence electrons. The summed E-state index contributed by atoms with van der Waals surface area (Å²) in [6, 6.07) is 7.86. The van der Waals surface area contributed by atoms with E-state index in [0.717, 1.165) is 54.8 Å². The van der Waals surface area contributed by atoms with Gasteiger partial charge in [-0.05, 0) is 64.4 Å². The second-order valence-electron chi connectivity index (χ2n) is 7.79. The first-order valence-electron chi connectivity index (χ1n) is 11.1. The number of nitrogens with zero attached hydrogens (tertiary/aromatic N) is 1. The molecule has 0 aromatic heterocycles. The van der Waals surface area contributed by atoms with Crippen LogP contribution in [0.5, 0.6) is 0 Å². The van der Waals surface area contributed by atoms with E-state index < -0.39 is 0 Å². The van der Waals surface area contributed by atoms with E-state index in [2.05, 4.69) is 51.0 Å². The zero-order valence-corrected chi connectivity index (χ0v) is 20.4. The van der Waals surface area contributed by atoms with E-state index in [4.69, 9.17) is 4.74 Å². The summed E-state index contributed by atoms with van der Waals surface area (Å²) in [5.41, 5.74) is 3.12. The van der Waals surface area contributed by atoms with Crippen LogP contribution in [0.1, 0.15) is 33.1 Å². The van der Waals surface area contributed by atoms with Crippen LogP contribution in [0.3, 0.4) is 0 Å². The highest BCUT2D eigenvalue weighted by atomic mass is 79.9. The molecule has 2 rings (SSSR count). The number of nitrogens with one attached hydrogen (secondary N) is 2. The Morgan fingerprint density at radius 2 is 1.97 bits per heavy atom. The molecule has 1 aromatic rings. The van der Waals surface area contributed by atoms with Crippen LogP contribution in [0, 0.1) is 5.92 Å². The quantitative estimate of drug-likeness (QED) is 0.297. The van der Waals surface area contributed by atoms with Crippen molar-refractivity contribution in [2.45, 2.75) is 33.1 Å². The number of allylic oxidation sites excluding steroid dienone is 4. The average molecular weight is 490 g/mol. The molecule has 0 spiro atoms. The van der Waals surface area contributed by atoms with Crippen LogP contribution in [0.15, 0.2) is 59.1 Å². The third-order valence-electron chi connectivity index (χ3n) is 5.45. The molecular formula is C25H36BrN3O2. The Morgan fingerprint density at radius 1 is 1.26 bits per heavy atom. The zero-order valence-electron chi connectivity index (χ0n) is 18.8. The van der Waals surface area contributed by atoms with Gasteiger partial charge in [0.15, 0.2) is 0 Å². The summed E-state index contributed by atoms with van der Waals surface area (Å²) in [6.07, 6.45) is 8.78.